The van der Waals surface area contributed by atoms with Crippen molar-refractivity contribution in [2.45, 2.75) is 26.9 Å². The summed E-state index contributed by atoms with van der Waals surface area (Å²) in [6.07, 6.45) is -1.05. The summed E-state index contributed by atoms with van der Waals surface area (Å²) in [5.74, 6) is -1.64. The Morgan fingerprint density at radius 3 is 2.52 bits per heavy atom. The molecule has 3 aromatic rings. The molecule has 0 aliphatic rings. The van der Waals surface area contributed by atoms with Crippen LogP contribution in [0, 0.1) is 19.7 Å². The van der Waals surface area contributed by atoms with Gasteiger partial charge in [-0.2, -0.15) is 5.10 Å². The molecule has 1 aromatic heterocycles. The molecule has 1 N–H and O–H groups in total. The molecule has 8 heteroatoms. The number of anilines is 1. The maximum Gasteiger partial charge on any atom is 0.344 e. The number of hydrogen-bond donors (Lipinski definition) is 1. The van der Waals surface area contributed by atoms with Gasteiger partial charge in [0.05, 0.1) is 11.4 Å². The third-order valence-corrected chi connectivity index (χ3v) is 4.57. The lowest BCUT2D eigenvalue weighted by molar-refractivity contribution is -0.123. The predicted octanol–water partition coefficient (Wildman–Crippen LogP) is 4.47. The van der Waals surface area contributed by atoms with Crippen LogP contribution in [0.15, 0.2) is 48.5 Å². The summed E-state index contributed by atoms with van der Waals surface area (Å²) in [6.45, 7) is 4.97. The van der Waals surface area contributed by atoms with Crippen LogP contribution in [0.5, 0.6) is 0 Å². The quantitative estimate of drug-likeness (QED) is 0.624. The number of rotatable bonds is 5. The minimum absolute atomic E-state index is 0.0189. The van der Waals surface area contributed by atoms with Gasteiger partial charge in [-0.05, 0) is 62.7 Å². The van der Waals surface area contributed by atoms with Crippen LogP contribution < -0.4 is 5.32 Å². The van der Waals surface area contributed by atoms with E-state index >= 15 is 0 Å². The average molecular weight is 416 g/mol. The van der Waals surface area contributed by atoms with Gasteiger partial charge >= 0.3 is 5.97 Å². The van der Waals surface area contributed by atoms with Gasteiger partial charge < -0.3 is 10.1 Å². The third-order valence-electron chi connectivity index (χ3n) is 4.22. The number of aromatic nitrogens is 2. The Hall–Kier alpha value is -3.19. The number of esters is 1. The van der Waals surface area contributed by atoms with E-state index in [-0.39, 0.29) is 10.7 Å². The Kier molecular flexibility index (Phi) is 5.98. The van der Waals surface area contributed by atoms with E-state index in [4.69, 9.17) is 16.3 Å². The second-order valence-electron chi connectivity index (χ2n) is 6.55. The summed E-state index contributed by atoms with van der Waals surface area (Å²) in [4.78, 5) is 24.9. The standard InChI is InChI=1S/C21H19ClFN3O3/c1-12-5-4-6-16(11-12)24-20(27)14(3)29-21(28)18-13(2)25-26(19(18)22)17-9-7-15(23)8-10-17/h4-11,14H,1-3H3,(H,24,27)/t14-/m1/s1. The number of nitrogens with zero attached hydrogens (tertiary/aromatic N) is 2. The Morgan fingerprint density at radius 2 is 1.86 bits per heavy atom. The van der Waals surface area contributed by atoms with E-state index < -0.39 is 23.8 Å². The second-order valence-corrected chi connectivity index (χ2v) is 6.90. The molecular formula is C21H19ClFN3O3. The first-order valence-electron chi connectivity index (χ1n) is 8.86. The first kappa shape index (κ1) is 20.5. The Balaban J connectivity index is 1.75. The van der Waals surface area contributed by atoms with Crippen LogP contribution in [0.2, 0.25) is 5.15 Å². The number of ether oxygens (including phenoxy) is 1. The SMILES string of the molecule is Cc1cccc(NC(=O)[C@@H](C)OC(=O)c2c(C)nn(-c3ccc(F)cc3)c2Cl)c1. The van der Waals surface area contributed by atoms with Crippen LogP contribution in [0.1, 0.15) is 28.5 Å². The van der Waals surface area contributed by atoms with Crippen LogP contribution in [-0.2, 0) is 9.53 Å². The average Bonchev–Trinajstić information content (AvgIpc) is 2.96. The first-order chi connectivity index (χ1) is 13.8. The molecule has 1 amide bonds. The van der Waals surface area contributed by atoms with Gasteiger partial charge in [0.2, 0.25) is 0 Å². The highest BCUT2D eigenvalue weighted by Crippen LogP contribution is 2.25. The second kappa shape index (κ2) is 8.45. The maximum atomic E-state index is 13.1. The molecule has 6 nitrogen and oxygen atoms in total. The minimum atomic E-state index is -1.05. The van der Waals surface area contributed by atoms with Gasteiger partial charge in [0.25, 0.3) is 5.91 Å². The molecule has 0 fully saturated rings. The highest BCUT2D eigenvalue weighted by molar-refractivity contribution is 6.33. The van der Waals surface area contributed by atoms with Gasteiger partial charge in [0.1, 0.15) is 16.5 Å². The monoisotopic (exact) mass is 415 g/mol. The van der Waals surface area contributed by atoms with Crippen molar-refractivity contribution in [3.63, 3.8) is 0 Å². The topological polar surface area (TPSA) is 73.2 Å². The van der Waals surface area contributed by atoms with Crippen molar-refractivity contribution in [3.8, 4) is 5.69 Å². The molecular weight excluding hydrogens is 397 g/mol. The maximum absolute atomic E-state index is 13.1. The molecule has 3 rings (SSSR count). The zero-order valence-electron chi connectivity index (χ0n) is 16.1. The molecule has 0 aliphatic heterocycles. The zero-order chi connectivity index (χ0) is 21.1. The van der Waals surface area contributed by atoms with Crippen molar-refractivity contribution >= 4 is 29.2 Å². The lowest BCUT2D eigenvalue weighted by Gasteiger charge is -2.14. The van der Waals surface area contributed by atoms with Crippen molar-refractivity contribution in [2.75, 3.05) is 5.32 Å². The van der Waals surface area contributed by atoms with Gasteiger partial charge in [-0.25, -0.2) is 13.9 Å². The van der Waals surface area contributed by atoms with Crippen LogP contribution in [0.25, 0.3) is 5.69 Å². The predicted molar refractivity (Wildman–Crippen MR) is 108 cm³/mol. The van der Waals surface area contributed by atoms with Gasteiger partial charge in [-0.15, -0.1) is 0 Å². The van der Waals surface area contributed by atoms with Crippen LogP contribution in [0.3, 0.4) is 0 Å². The highest BCUT2D eigenvalue weighted by Gasteiger charge is 2.26. The highest BCUT2D eigenvalue weighted by atomic mass is 35.5. The molecule has 0 saturated carbocycles. The van der Waals surface area contributed by atoms with E-state index in [0.717, 1.165) is 5.56 Å². The Morgan fingerprint density at radius 1 is 1.17 bits per heavy atom. The van der Waals surface area contributed by atoms with E-state index in [1.54, 1.807) is 19.1 Å². The molecule has 0 radical (unpaired) electrons. The number of benzene rings is 2. The van der Waals surface area contributed by atoms with E-state index in [2.05, 4.69) is 10.4 Å². The normalized spacial score (nSPS) is 11.8. The fourth-order valence-corrected chi connectivity index (χ4v) is 3.07. The zero-order valence-corrected chi connectivity index (χ0v) is 16.8. The van der Waals surface area contributed by atoms with Crippen LogP contribution in [0.4, 0.5) is 10.1 Å². The van der Waals surface area contributed by atoms with Gasteiger partial charge in [0, 0.05) is 5.69 Å². The Bertz CT molecular complexity index is 1060. The van der Waals surface area contributed by atoms with Crippen molar-refractivity contribution < 1.29 is 18.7 Å². The summed E-state index contributed by atoms with van der Waals surface area (Å²) in [6, 6.07) is 12.8. The molecule has 0 saturated heterocycles. The third kappa shape index (κ3) is 4.63. The summed E-state index contributed by atoms with van der Waals surface area (Å²) >= 11 is 6.31. The van der Waals surface area contributed by atoms with Crippen molar-refractivity contribution in [2.24, 2.45) is 0 Å². The molecule has 1 heterocycles. The molecule has 0 bridgehead atoms. The number of halogens is 2. The first-order valence-corrected chi connectivity index (χ1v) is 9.23. The van der Waals surface area contributed by atoms with Gasteiger partial charge in [-0.1, -0.05) is 23.7 Å². The van der Waals surface area contributed by atoms with Crippen LogP contribution in [-0.4, -0.2) is 27.8 Å². The minimum Gasteiger partial charge on any atom is -0.449 e. The van der Waals surface area contributed by atoms with Gasteiger partial charge in [-0.3, -0.25) is 4.79 Å². The lowest BCUT2D eigenvalue weighted by atomic mass is 10.2. The van der Waals surface area contributed by atoms with E-state index in [0.29, 0.717) is 17.1 Å². The number of hydrogen-bond acceptors (Lipinski definition) is 4. The number of nitrogens with one attached hydrogen (secondary N) is 1. The summed E-state index contributed by atoms with van der Waals surface area (Å²) in [5, 5.41) is 6.94. The van der Waals surface area contributed by atoms with Crippen molar-refractivity contribution in [1.82, 2.24) is 9.78 Å². The number of carbonyl (C=O) groups excluding carboxylic acids is 2. The summed E-state index contributed by atoms with van der Waals surface area (Å²) in [7, 11) is 0. The molecule has 0 spiro atoms. The van der Waals surface area contributed by atoms with E-state index in [9.17, 15) is 14.0 Å². The van der Waals surface area contributed by atoms with Crippen molar-refractivity contribution in [1.29, 1.82) is 0 Å². The fraction of sp³-hybridized carbons (Fsp3) is 0.190. The number of aryl methyl sites for hydroxylation is 2. The summed E-state index contributed by atoms with van der Waals surface area (Å²) < 4.78 is 19.7. The molecule has 29 heavy (non-hydrogen) atoms. The smallest absolute Gasteiger partial charge is 0.344 e. The molecule has 1 atom stereocenters. The molecule has 150 valence electrons. The van der Waals surface area contributed by atoms with E-state index in [1.807, 2.05) is 19.1 Å². The fourth-order valence-electron chi connectivity index (χ4n) is 2.72. The lowest BCUT2D eigenvalue weighted by Crippen LogP contribution is -2.30. The molecule has 2 aromatic carbocycles. The number of amides is 1. The van der Waals surface area contributed by atoms with Gasteiger partial charge in [0.15, 0.2) is 6.10 Å². The van der Waals surface area contributed by atoms with E-state index in [1.165, 1.54) is 35.9 Å². The van der Waals surface area contributed by atoms with Crippen molar-refractivity contribution in [3.05, 3.63) is 76.3 Å². The molecule has 0 aliphatic carbocycles. The largest absolute Gasteiger partial charge is 0.449 e. The van der Waals surface area contributed by atoms with Crippen LogP contribution >= 0.6 is 11.6 Å². The Labute approximate surface area is 172 Å². The number of carbonyl (C=O) groups is 2. The molecule has 0 unspecified atom stereocenters. The summed E-state index contributed by atoms with van der Waals surface area (Å²) in [5.41, 5.74) is 2.46.